The van der Waals surface area contributed by atoms with Crippen molar-refractivity contribution in [2.75, 3.05) is 0 Å². The molecule has 0 radical (unpaired) electrons. The summed E-state index contributed by atoms with van der Waals surface area (Å²) in [5.74, 6) is -0.810. The van der Waals surface area contributed by atoms with E-state index in [9.17, 15) is 4.79 Å². The van der Waals surface area contributed by atoms with E-state index in [-0.39, 0.29) is 0 Å². The Morgan fingerprint density at radius 1 is 1.31 bits per heavy atom. The van der Waals surface area contributed by atoms with Crippen molar-refractivity contribution in [3.8, 4) is 0 Å². The summed E-state index contributed by atoms with van der Waals surface area (Å²) in [6.45, 7) is 3.93. The average molecular weight is 221 g/mol. The topological polar surface area (TPSA) is 42.2 Å². The van der Waals surface area contributed by atoms with Crippen LogP contribution in [0.3, 0.4) is 0 Å². The van der Waals surface area contributed by atoms with E-state index in [1.807, 2.05) is 13.8 Å². The molecule has 1 fully saturated rings. The summed E-state index contributed by atoms with van der Waals surface area (Å²) < 4.78 is 2.22. The van der Waals surface area contributed by atoms with Crippen LogP contribution in [0.2, 0.25) is 0 Å². The van der Waals surface area contributed by atoms with E-state index in [0.29, 0.717) is 11.6 Å². The molecular formula is C13H19NO2. The number of rotatable bonds is 2. The fourth-order valence-corrected chi connectivity index (χ4v) is 2.89. The standard InChI is InChI=1S/C13H19NO2/c1-9-8-12(13(15)16)10(2)14(9)11-6-4-3-5-7-11/h8,11H,3-7H2,1-2H3,(H,15,16). The van der Waals surface area contributed by atoms with Gasteiger partial charge in [0, 0.05) is 17.4 Å². The first-order chi connectivity index (χ1) is 7.61. The third-order valence-corrected chi connectivity index (χ3v) is 3.65. The predicted octanol–water partition coefficient (Wildman–Crippen LogP) is 3.31. The van der Waals surface area contributed by atoms with Gasteiger partial charge in [0.05, 0.1) is 5.56 Å². The first-order valence-electron chi connectivity index (χ1n) is 6.03. The molecule has 2 rings (SSSR count). The molecule has 0 spiro atoms. The zero-order valence-electron chi connectivity index (χ0n) is 9.99. The van der Waals surface area contributed by atoms with Crippen molar-refractivity contribution in [3.05, 3.63) is 23.0 Å². The minimum atomic E-state index is -0.810. The maximum atomic E-state index is 11.1. The molecule has 1 saturated carbocycles. The second kappa shape index (κ2) is 4.32. The van der Waals surface area contributed by atoms with E-state index in [0.717, 1.165) is 11.4 Å². The van der Waals surface area contributed by atoms with Crippen LogP contribution in [0.5, 0.6) is 0 Å². The zero-order chi connectivity index (χ0) is 11.7. The quantitative estimate of drug-likeness (QED) is 0.832. The Bertz CT molecular complexity index is 400. The molecule has 16 heavy (non-hydrogen) atoms. The Hall–Kier alpha value is -1.25. The molecular weight excluding hydrogens is 202 g/mol. The molecule has 0 bridgehead atoms. The van der Waals surface area contributed by atoms with Gasteiger partial charge in [0.15, 0.2) is 0 Å². The molecule has 0 aliphatic heterocycles. The summed E-state index contributed by atoms with van der Waals surface area (Å²) in [4.78, 5) is 11.1. The van der Waals surface area contributed by atoms with Gasteiger partial charge in [-0.2, -0.15) is 0 Å². The van der Waals surface area contributed by atoms with Crippen molar-refractivity contribution in [3.63, 3.8) is 0 Å². The van der Waals surface area contributed by atoms with Crippen molar-refractivity contribution >= 4 is 5.97 Å². The van der Waals surface area contributed by atoms with Crippen molar-refractivity contribution < 1.29 is 9.90 Å². The fourth-order valence-electron chi connectivity index (χ4n) is 2.89. The predicted molar refractivity (Wildman–Crippen MR) is 63.0 cm³/mol. The second-order valence-corrected chi connectivity index (χ2v) is 4.75. The number of hydrogen-bond acceptors (Lipinski definition) is 1. The monoisotopic (exact) mass is 221 g/mol. The lowest BCUT2D eigenvalue weighted by molar-refractivity contribution is 0.0696. The van der Waals surface area contributed by atoms with E-state index < -0.39 is 5.97 Å². The van der Waals surface area contributed by atoms with Gasteiger partial charge in [0.25, 0.3) is 0 Å². The van der Waals surface area contributed by atoms with Crippen LogP contribution in [0.25, 0.3) is 0 Å². The number of aromatic carboxylic acids is 1. The molecule has 1 aromatic rings. The summed E-state index contributed by atoms with van der Waals surface area (Å²) in [6, 6.07) is 2.31. The van der Waals surface area contributed by atoms with E-state index in [1.54, 1.807) is 6.07 Å². The van der Waals surface area contributed by atoms with Crippen molar-refractivity contribution in [1.29, 1.82) is 0 Å². The second-order valence-electron chi connectivity index (χ2n) is 4.75. The molecule has 1 aliphatic rings. The molecule has 88 valence electrons. The molecule has 3 nitrogen and oxygen atoms in total. The van der Waals surface area contributed by atoms with Crippen LogP contribution in [-0.4, -0.2) is 15.6 Å². The lowest BCUT2D eigenvalue weighted by Crippen LogP contribution is -2.15. The van der Waals surface area contributed by atoms with E-state index in [1.165, 1.54) is 32.1 Å². The molecule has 1 aromatic heterocycles. The Labute approximate surface area is 96.1 Å². The number of carboxylic acid groups (broad SMARTS) is 1. The molecule has 1 aliphatic carbocycles. The Morgan fingerprint density at radius 3 is 2.44 bits per heavy atom. The van der Waals surface area contributed by atoms with Crippen LogP contribution in [0.1, 0.15) is 59.9 Å². The summed E-state index contributed by atoms with van der Waals surface area (Å²) >= 11 is 0. The highest BCUT2D eigenvalue weighted by molar-refractivity contribution is 5.89. The number of nitrogens with zero attached hydrogens (tertiary/aromatic N) is 1. The van der Waals surface area contributed by atoms with Gasteiger partial charge in [-0.05, 0) is 32.8 Å². The summed E-state index contributed by atoms with van der Waals surface area (Å²) in [6.07, 6.45) is 6.24. The molecule has 3 heteroatoms. The zero-order valence-corrected chi connectivity index (χ0v) is 9.99. The third kappa shape index (κ3) is 1.86. The van der Waals surface area contributed by atoms with Gasteiger partial charge in [-0.15, -0.1) is 0 Å². The van der Waals surface area contributed by atoms with E-state index >= 15 is 0 Å². The summed E-state index contributed by atoms with van der Waals surface area (Å²) in [5.41, 5.74) is 2.46. The largest absolute Gasteiger partial charge is 0.478 e. The number of aromatic nitrogens is 1. The third-order valence-electron chi connectivity index (χ3n) is 3.65. The highest BCUT2D eigenvalue weighted by Gasteiger charge is 2.21. The normalized spacial score (nSPS) is 17.6. The number of carbonyl (C=O) groups is 1. The van der Waals surface area contributed by atoms with E-state index in [4.69, 9.17) is 5.11 Å². The van der Waals surface area contributed by atoms with Crippen molar-refractivity contribution in [1.82, 2.24) is 4.57 Å². The number of hydrogen-bond donors (Lipinski definition) is 1. The van der Waals surface area contributed by atoms with Gasteiger partial charge in [-0.3, -0.25) is 0 Å². The minimum absolute atomic E-state index is 0.461. The van der Waals surface area contributed by atoms with Gasteiger partial charge in [-0.25, -0.2) is 4.79 Å². The number of aryl methyl sites for hydroxylation is 1. The molecule has 1 N–H and O–H groups in total. The van der Waals surface area contributed by atoms with Gasteiger partial charge in [0.2, 0.25) is 0 Å². The van der Waals surface area contributed by atoms with Crippen LogP contribution in [0, 0.1) is 13.8 Å². The molecule has 0 unspecified atom stereocenters. The van der Waals surface area contributed by atoms with Gasteiger partial charge < -0.3 is 9.67 Å². The molecule has 1 heterocycles. The van der Waals surface area contributed by atoms with Crippen molar-refractivity contribution in [2.45, 2.75) is 52.0 Å². The lowest BCUT2D eigenvalue weighted by Gasteiger charge is -2.26. The molecule has 0 amide bonds. The minimum Gasteiger partial charge on any atom is -0.478 e. The van der Waals surface area contributed by atoms with E-state index in [2.05, 4.69) is 4.57 Å². The van der Waals surface area contributed by atoms with Crippen LogP contribution in [0.15, 0.2) is 6.07 Å². The van der Waals surface area contributed by atoms with Gasteiger partial charge in [-0.1, -0.05) is 19.3 Å². The Balaban J connectivity index is 2.36. The van der Waals surface area contributed by atoms with Crippen LogP contribution >= 0.6 is 0 Å². The smallest absolute Gasteiger partial charge is 0.337 e. The SMILES string of the molecule is Cc1cc(C(=O)O)c(C)n1C1CCCCC1. The average Bonchev–Trinajstić information content (AvgIpc) is 2.56. The fraction of sp³-hybridized carbons (Fsp3) is 0.615. The summed E-state index contributed by atoms with van der Waals surface area (Å²) in [5, 5.41) is 9.09. The maximum Gasteiger partial charge on any atom is 0.337 e. The maximum absolute atomic E-state index is 11.1. The van der Waals surface area contributed by atoms with Crippen LogP contribution in [-0.2, 0) is 0 Å². The highest BCUT2D eigenvalue weighted by atomic mass is 16.4. The van der Waals surface area contributed by atoms with Gasteiger partial charge in [0.1, 0.15) is 0 Å². The lowest BCUT2D eigenvalue weighted by atomic mass is 9.95. The summed E-state index contributed by atoms with van der Waals surface area (Å²) in [7, 11) is 0. The number of carboxylic acids is 1. The highest BCUT2D eigenvalue weighted by Crippen LogP contribution is 2.32. The molecule has 0 saturated heterocycles. The van der Waals surface area contributed by atoms with Crippen LogP contribution < -0.4 is 0 Å². The first kappa shape index (κ1) is 11.2. The van der Waals surface area contributed by atoms with Crippen LogP contribution in [0.4, 0.5) is 0 Å². The van der Waals surface area contributed by atoms with Gasteiger partial charge >= 0.3 is 5.97 Å². The molecule has 0 atom stereocenters. The first-order valence-corrected chi connectivity index (χ1v) is 6.03. The Morgan fingerprint density at radius 2 is 1.94 bits per heavy atom. The Kier molecular flexibility index (Phi) is 3.03. The molecule has 0 aromatic carbocycles. The van der Waals surface area contributed by atoms with Crippen molar-refractivity contribution in [2.24, 2.45) is 0 Å².